The molecule has 7 heteroatoms. The highest BCUT2D eigenvalue weighted by molar-refractivity contribution is 7.17. The van der Waals surface area contributed by atoms with Crippen molar-refractivity contribution in [2.45, 2.75) is 32.6 Å². The smallest absolute Gasteiger partial charge is 0.260 e. The van der Waals surface area contributed by atoms with Crippen molar-refractivity contribution < 1.29 is 4.74 Å². The van der Waals surface area contributed by atoms with Crippen molar-refractivity contribution in [3.63, 3.8) is 0 Å². The number of thiophene rings is 1. The van der Waals surface area contributed by atoms with Gasteiger partial charge in [-0.1, -0.05) is 29.8 Å². The van der Waals surface area contributed by atoms with E-state index in [0.29, 0.717) is 22.8 Å². The maximum absolute atomic E-state index is 12.8. The van der Waals surface area contributed by atoms with E-state index in [1.807, 2.05) is 29.6 Å². The molecule has 2 aromatic heterocycles. The lowest BCUT2D eigenvalue weighted by Crippen LogP contribution is -2.45. The van der Waals surface area contributed by atoms with Crippen molar-refractivity contribution in [1.29, 1.82) is 0 Å². The Kier molecular flexibility index (Phi) is 4.84. The Labute approximate surface area is 160 Å². The van der Waals surface area contributed by atoms with Crippen LogP contribution >= 0.6 is 22.9 Å². The Bertz CT molecular complexity index is 990. The van der Waals surface area contributed by atoms with Crippen LogP contribution < -0.4 is 5.56 Å². The summed E-state index contributed by atoms with van der Waals surface area (Å²) in [6.07, 6.45) is 0.366. The molecule has 0 radical (unpaired) electrons. The van der Waals surface area contributed by atoms with Crippen LogP contribution in [0.25, 0.3) is 21.3 Å². The maximum Gasteiger partial charge on any atom is 0.260 e. The minimum atomic E-state index is -0.115. The molecule has 0 bridgehead atoms. The molecule has 26 heavy (non-hydrogen) atoms. The number of hydrogen-bond acceptors (Lipinski definition) is 5. The maximum atomic E-state index is 12.8. The van der Waals surface area contributed by atoms with Crippen LogP contribution in [0, 0.1) is 0 Å². The Hall–Kier alpha value is -1.73. The molecule has 0 spiro atoms. The fraction of sp³-hybridized carbons (Fsp3) is 0.368. The second kappa shape index (κ2) is 7.12. The summed E-state index contributed by atoms with van der Waals surface area (Å²) in [7, 11) is 0. The lowest BCUT2D eigenvalue weighted by molar-refractivity contribution is -0.0710. The van der Waals surface area contributed by atoms with E-state index < -0.39 is 0 Å². The van der Waals surface area contributed by atoms with Gasteiger partial charge in [0.15, 0.2) is 0 Å². The van der Waals surface area contributed by atoms with Crippen LogP contribution in [-0.2, 0) is 11.3 Å². The number of halogens is 1. The Morgan fingerprint density at radius 2 is 2.00 bits per heavy atom. The van der Waals surface area contributed by atoms with Crippen LogP contribution in [-0.4, -0.2) is 40.2 Å². The summed E-state index contributed by atoms with van der Waals surface area (Å²) in [6, 6.07) is 7.55. The van der Waals surface area contributed by atoms with Gasteiger partial charge >= 0.3 is 0 Å². The summed E-state index contributed by atoms with van der Waals surface area (Å²) in [5, 5.41) is 3.19. The molecule has 0 aliphatic carbocycles. The molecule has 1 fully saturated rings. The van der Waals surface area contributed by atoms with Gasteiger partial charge < -0.3 is 9.72 Å². The molecule has 1 saturated heterocycles. The highest BCUT2D eigenvalue weighted by Gasteiger charge is 2.23. The van der Waals surface area contributed by atoms with Crippen molar-refractivity contribution in [2.24, 2.45) is 0 Å². The van der Waals surface area contributed by atoms with Gasteiger partial charge in [0, 0.05) is 34.6 Å². The zero-order chi connectivity index (χ0) is 18.3. The summed E-state index contributed by atoms with van der Waals surface area (Å²) in [5.74, 6) is 0.691. The summed E-state index contributed by atoms with van der Waals surface area (Å²) < 4.78 is 5.77. The number of ether oxygens (including phenoxy) is 1. The number of nitrogens with one attached hydrogen (secondary N) is 1. The van der Waals surface area contributed by atoms with Crippen molar-refractivity contribution >= 4 is 33.2 Å². The number of benzene rings is 1. The number of nitrogens with zero attached hydrogens (tertiary/aromatic N) is 2. The van der Waals surface area contributed by atoms with Gasteiger partial charge in [-0.3, -0.25) is 9.69 Å². The third kappa shape index (κ3) is 3.42. The molecule has 1 aromatic carbocycles. The predicted molar refractivity (Wildman–Crippen MR) is 106 cm³/mol. The summed E-state index contributed by atoms with van der Waals surface area (Å²) in [4.78, 5) is 23.4. The first kappa shape index (κ1) is 17.7. The number of morpholine rings is 1. The van der Waals surface area contributed by atoms with Crippen LogP contribution in [0.1, 0.15) is 19.7 Å². The minimum Gasteiger partial charge on any atom is -0.373 e. The summed E-state index contributed by atoms with van der Waals surface area (Å²) in [5.41, 5.74) is 1.58. The summed E-state index contributed by atoms with van der Waals surface area (Å²) >= 11 is 7.79. The quantitative estimate of drug-likeness (QED) is 0.737. The molecule has 3 aromatic rings. The zero-order valence-corrected chi connectivity index (χ0v) is 16.2. The number of H-pyrrole nitrogens is 1. The average molecular weight is 390 g/mol. The molecular formula is C19H20ClN3O2S. The van der Waals surface area contributed by atoms with E-state index >= 15 is 0 Å². The number of aromatic nitrogens is 2. The highest BCUT2D eigenvalue weighted by atomic mass is 35.5. The fourth-order valence-electron chi connectivity index (χ4n) is 3.57. The number of fused-ring (bicyclic) bond motifs is 1. The van der Waals surface area contributed by atoms with E-state index in [2.05, 4.69) is 23.7 Å². The Morgan fingerprint density at radius 3 is 2.73 bits per heavy atom. The number of rotatable bonds is 3. The Balaban J connectivity index is 1.68. The molecular weight excluding hydrogens is 370 g/mol. The second-order valence-corrected chi connectivity index (χ2v) is 8.04. The van der Waals surface area contributed by atoms with Gasteiger partial charge in [-0.05, 0) is 19.9 Å². The first-order chi connectivity index (χ1) is 12.5. The van der Waals surface area contributed by atoms with Crippen molar-refractivity contribution in [2.75, 3.05) is 13.1 Å². The minimum absolute atomic E-state index is 0.115. The normalized spacial score (nSPS) is 21.3. The lowest BCUT2D eigenvalue weighted by atomic mass is 10.1. The van der Waals surface area contributed by atoms with Crippen molar-refractivity contribution in [1.82, 2.24) is 14.9 Å². The van der Waals surface area contributed by atoms with Gasteiger partial charge in [-0.25, -0.2) is 4.98 Å². The molecule has 2 atom stereocenters. The van der Waals surface area contributed by atoms with Gasteiger partial charge in [0.2, 0.25) is 0 Å². The third-order valence-electron chi connectivity index (χ3n) is 4.53. The van der Waals surface area contributed by atoms with Crippen molar-refractivity contribution in [3.05, 3.63) is 50.8 Å². The topological polar surface area (TPSA) is 58.2 Å². The van der Waals surface area contributed by atoms with Gasteiger partial charge in [-0.15, -0.1) is 11.3 Å². The molecule has 1 aliphatic rings. The van der Waals surface area contributed by atoms with Crippen molar-refractivity contribution in [3.8, 4) is 11.1 Å². The lowest BCUT2D eigenvalue weighted by Gasteiger charge is -2.34. The molecule has 1 N–H and O–H groups in total. The second-order valence-electron chi connectivity index (χ2n) is 6.77. The number of aromatic amines is 1. The van der Waals surface area contributed by atoms with Crippen LogP contribution in [0.2, 0.25) is 5.02 Å². The molecule has 0 saturated carbocycles. The molecule has 0 unspecified atom stereocenters. The molecule has 136 valence electrons. The van der Waals surface area contributed by atoms with E-state index in [9.17, 15) is 4.79 Å². The first-order valence-electron chi connectivity index (χ1n) is 8.64. The van der Waals surface area contributed by atoms with Gasteiger partial charge in [0.05, 0.1) is 24.1 Å². The molecule has 3 heterocycles. The van der Waals surface area contributed by atoms with Gasteiger partial charge in [-0.2, -0.15) is 0 Å². The fourth-order valence-corrected chi connectivity index (χ4v) is 4.77. The molecule has 0 amide bonds. The zero-order valence-electron chi connectivity index (χ0n) is 14.7. The Morgan fingerprint density at radius 1 is 1.27 bits per heavy atom. The van der Waals surface area contributed by atoms with Crippen LogP contribution in [0.3, 0.4) is 0 Å². The molecule has 4 rings (SSSR count). The largest absolute Gasteiger partial charge is 0.373 e. The van der Waals surface area contributed by atoms with Gasteiger partial charge in [0.25, 0.3) is 5.56 Å². The first-order valence-corrected chi connectivity index (χ1v) is 9.90. The van der Waals surface area contributed by atoms with E-state index in [4.69, 9.17) is 21.3 Å². The monoisotopic (exact) mass is 389 g/mol. The SMILES string of the molecule is C[C@@H]1CN(Cc2nc3scc(-c4ccccc4Cl)c3c(=O)[nH]2)C[C@@H](C)O1. The summed E-state index contributed by atoms with van der Waals surface area (Å²) in [6.45, 7) is 6.42. The van der Waals surface area contributed by atoms with E-state index in [-0.39, 0.29) is 17.8 Å². The number of hydrogen-bond donors (Lipinski definition) is 1. The van der Waals surface area contributed by atoms with Crippen LogP contribution in [0.4, 0.5) is 0 Å². The molecule has 1 aliphatic heterocycles. The predicted octanol–water partition coefficient (Wildman–Crippen LogP) is 3.91. The van der Waals surface area contributed by atoms with Gasteiger partial charge in [0.1, 0.15) is 10.7 Å². The van der Waals surface area contributed by atoms with Crippen LogP contribution in [0.15, 0.2) is 34.4 Å². The van der Waals surface area contributed by atoms with E-state index in [0.717, 1.165) is 29.0 Å². The standard InChI is InChI=1S/C19H20ClN3O2S/c1-11-7-23(8-12(2)25-11)9-16-21-18(24)17-14(10-26-19(17)22-16)13-5-3-4-6-15(13)20/h3-6,10-12H,7-9H2,1-2H3,(H,21,22,24)/t11-,12-/m1/s1. The molecule has 5 nitrogen and oxygen atoms in total. The average Bonchev–Trinajstić information content (AvgIpc) is 2.98. The van der Waals surface area contributed by atoms with E-state index in [1.54, 1.807) is 0 Å². The third-order valence-corrected chi connectivity index (χ3v) is 5.73. The highest BCUT2D eigenvalue weighted by Crippen LogP contribution is 2.34. The van der Waals surface area contributed by atoms with E-state index in [1.165, 1.54) is 11.3 Å². The van der Waals surface area contributed by atoms with Crippen LogP contribution in [0.5, 0.6) is 0 Å².